The molecule has 2 bridgehead atoms. The Labute approximate surface area is 238 Å². The predicted octanol–water partition coefficient (Wildman–Crippen LogP) is 5.78. The Morgan fingerprint density at radius 1 is 1.05 bits per heavy atom. The van der Waals surface area contributed by atoms with Gasteiger partial charge in [-0.25, -0.2) is 9.37 Å². The number of likely N-dealkylation sites (N-methyl/N-ethyl adjacent to an activating group) is 1. The molecule has 3 N–H and O–H groups in total. The molecule has 2 unspecified atom stereocenters. The molecule has 3 aliphatic rings. The number of piperidine rings is 2. The van der Waals surface area contributed by atoms with Crippen molar-refractivity contribution in [3.63, 3.8) is 0 Å². The molecule has 7 rings (SSSR count). The highest BCUT2D eigenvalue weighted by Gasteiger charge is 2.34. The summed E-state index contributed by atoms with van der Waals surface area (Å²) in [6, 6.07) is 14.3. The smallest absolute Gasteiger partial charge is 0.228 e. The zero-order chi connectivity index (χ0) is 27.5. The van der Waals surface area contributed by atoms with Crippen LogP contribution < -0.4 is 15.5 Å². The molecule has 0 saturated carbocycles. The van der Waals surface area contributed by atoms with E-state index in [0.29, 0.717) is 40.8 Å². The third-order valence-electron chi connectivity index (χ3n) is 8.92. The van der Waals surface area contributed by atoms with Gasteiger partial charge in [0.05, 0.1) is 5.02 Å². The van der Waals surface area contributed by atoms with Crippen molar-refractivity contribution in [2.24, 2.45) is 0 Å². The van der Waals surface area contributed by atoms with E-state index in [9.17, 15) is 5.11 Å². The van der Waals surface area contributed by atoms with E-state index in [2.05, 4.69) is 34.5 Å². The molecular formula is C31H34ClFN6O. The first kappa shape index (κ1) is 25.7. The molecule has 0 radical (unpaired) electrons. The summed E-state index contributed by atoms with van der Waals surface area (Å²) >= 11 is 6.85. The van der Waals surface area contributed by atoms with Crippen LogP contribution in [-0.4, -0.2) is 71.3 Å². The maximum atomic E-state index is 16.7. The fraction of sp³-hybridized carbons (Fsp3) is 0.419. The van der Waals surface area contributed by atoms with Crippen molar-refractivity contribution in [2.45, 2.75) is 56.3 Å². The standard InChI is InChI=1S/C31H34ClFN6O/c1-38(2)21-15-39(16-21)31-36-29-25(30(37-31)35-20-11-18-7-5-8-19(12-20)34-18)14-26(32)27(28(29)33)24-13-22(40)10-17-6-3-4-9-23(17)24/h3-4,6,9-10,13-14,18-21,34,40H,5,7-8,11-12,15-16H2,1-2H3,(H,35,36,37)/t18-,19?,20?/m1/s1. The van der Waals surface area contributed by atoms with E-state index >= 15 is 4.39 Å². The summed E-state index contributed by atoms with van der Waals surface area (Å²) < 4.78 is 16.7. The van der Waals surface area contributed by atoms with E-state index < -0.39 is 5.82 Å². The lowest BCUT2D eigenvalue weighted by atomic mass is 9.84. The molecule has 3 aromatic carbocycles. The number of fused-ring (bicyclic) bond motifs is 4. The van der Waals surface area contributed by atoms with E-state index in [1.54, 1.807) is 18.2 Å². The molecule has 0 aliphatic carbocycles. The van der Waals surface area contributed by atoms with Gasteiger partial charge in [-0.2, -0.15) is 4.98 Å². The van der Waals surface area contributed by atoms with Crippen molar-refractivity contribution in [1.29, 1.82) is 0 Å². The molecule has 40 heavy (non-hydrogen) atoms. The normalized spacial score (nSPS) is 23.1. The Bertz CT molecular complexity index is 1590. The number of hydrogen-bond donors (Lipinski definition) is 3. The third kappa shape index (κ3) is 4.52. The van der Waals surface area contributed by atoms with Gasteiger partial charge in [-0.15, -0.1) is 0 Å². The highest BCUT2D eigenvalue weighted by Crippen LogP contribution is 2.42. The zero-order valence-electron chi connectivity index (χ0n) is 22.8. The van der Waals surface area contributed by atoms with Crippen LogP contribution in [0.2, 0.25) is 5.02 Å². The largest absolute Gasteiger partial charge is 0.508 e. The highest BCUT2D eigenvalue weighted by molar-refractivity contribution is 6.35. The minimum Gasteiger partial charge on any atom is -0.508 e. The quantitative estimate of drug-likeness (QED) is 0.285. The van der Waals surface area contributed by atoms with Crippen molar-refractivity contribution in [2.75, 3.05) is 37.4 Å². The summed E-state index contributed by atoms with van der Waals surface area (Å²) in [5, 5.41) is 20.4. The fourth-order valence-electron chi connectivity index (χ4n) is 6.71. The number of rotatable bonds is 5. The lowest BCUT2D eigenvalue weighted by molar-refractivity contribution is 0.230. The van der Waals surface area contributed by atoms with E-state index in [1.807, 2.05) is 24.3 Å². The van der Waals surface area contributed by atoms with E-state index in [0.717, 1.165) is 36.7 Å². The maximum Gasteiger partial charge on any atom is 0.228 e. The van der Waals surface area contributed by atoms with Crippen molar-refractivity contribution in [1.82, 2.24) is 20.2 Å². The summed E-state index contributed by atoms with van der Waals surface area (Å²) in [6.07, 6.45) is 5.66. The molecule has 3 atom stereocenters. The summed E-state index contributed by atoms with van der Waals surface area (Å²) in [5.74, 6) is 0.708. The first-order valence-corrected chi connectivity index (χ1v) is 14.6. The topological polar surface area (TPSA) is 76.5 Å². The maximum absolute atomic E-state index is 16.7. The van der Waals surface area contributed by atoms with Crippen LogP contribution in [0, 0.1) is 5.82 Å². The number of phenols is 1. The van der Waals surface area contributed by atoms with Gasteiger partial charge in [0.2, 0.25) is 5.95 Å². The molecule has 1 aromatic heterocycles. The van der Waals surface area contributed by atoms with Gasteiger partial charge in [0.15, 0.2) is 5.82 Å². The Balaban J connectivity index is 1.36. The summed E-state index contributed by atoms with van der Waals surface area (Å²) in [7, 11) is 4.13. The molecule has 3 aliphatic heterocycles. The number of benzene rings is 3. The Morgan fingerprint density at radius 3 is 2.55 bits per heavy atom. The third-order valence-corrected chi connectivity index (χ3v) is 9.22. The summed E-state index contributed by atoms with van der Waals surface area (Å²) in [5.41, 5.74) is 1.02. The van der Waals surface area contributed by atoms with E-state index in [1.165, 1.54) is 19.3 Å². The minimum atomic E-state index is -0.503. The van der Waals surface area contributed by atoms with Crippen molar-refractivity contribution >= 4 is 45.0 Å². The monoisotopic (exact) mass is 560 g/mol. The molecule has 4 heterocycles. The second-order valence-corrected chi connectivity index (χ2v) is 12.3. The van der Waals surface area contributed by atoms with Gasteiger partial charge in [0, 0.05) is 48.2 Å². The first-order chi connectivity index (χ1) is 19.3. The molecular weight excluding hydrogens is 527 g/mol. The van der Waals surface area contributed by atoms with Gasteiger partial charge in [-0.3, -0.25) is 0 Å². The number of anilines is 2. The van der Waals surface area contributed by atoms with Crippen LogP contribution in [0.5, 0.6) is 5.75 Å². The Morgan fingerprint density at radius 2 is 1.80 bits per heavy atom. The molecule has 7 nitrogen and oxygen atoms in total. The van der Waals surface area contributed by atoms with Crippen molar-refractivity contribution in [3.8, 4) is 16.9 Å². The van der Waals surface area contributed by atoms with Crippen LogP contribution in [0.3, 0.4) is 0 Å². The molecule has 3 saturated heterocycles. The van der Waals surface area contributed by atoms with Crippen LogP contribution in [0.1, 0.15) is 32.1 Å². The number of aromatic nitrogens is 2. The number of halogens is 2. The second kappa shape index (κ2) is 10.0. The minimum absolute atomic E-state index is 0.0572. The number of nitrogens with one attached hydrogen (secondary N) is 2. The van der Waals surface area contributed by atoms with Gasteiger partial charge >= 0.3 is 0 Å². The molecule has 9 heteroatoms. The highest BCUT2D eigenvalue weighted by atomic mass is 35.5. The lowest BCUT2D eigenvalue weighted by Crippen LogP contribution is -2.58. The number of phenolic OH excluding ortho intramolecular Hbond substituents is 1. The van der Waals surface area contributed by atoms with Crippen molar-refractivity contribution < 1.29 is 9.50 Å². The van der Waals surface area contributed by atoms with E-state index in [-0.39, 0.29) is 27.9 Å². The molecule has 4 aromatic rings. The van der Waals surface area contributed by atoms with Crippen molar-refractivity contribution in [3.05, 3.63) is 53.3 Å². The predicted molar refractivity (Wildman–Crippen MR) is 160 cm³/mol. The van der Waals surface area contributed by atoms with Crippen LogP contribution in [0.15, 0.2) is 42.5 Å². The Hall–Kier alpha value is -3.20. The number of aromatic hydroxyl groups is 1. The SMILES string of the molecule is CN(C)C1CN(c2nc(NC3CC4CCC[C@H](C3)N4)c3cc(Cl)c(-c4cc(O)cc5ccccc45)c(F)c3n2)C1. The number of nitrogens with zero attached hydrogens (tertiary/aromatic N) is 4. The molecule has 0 spiro atoms. The number of hydrogen-bond acceptors (Lipinski definition) is 7. The van der Waals surface area contributed by atoms with Crippen LogP contribution in [0.25, 0.3) is 32.8 Å². The van der Waals surface area contributed by atoms with Gasteiger partial charge < -0.3 is 25.5 Å². The Kier molecular flexibility index (Phi) is 6.45. The van der Waals surface area contributed by atoms with Gasteiger partial charge in [0.1, 0.15) is 17.1 Å². The molecule has 208 valence electrons. The summed E-state index contributed by atoms with van der Waals surface area (Å²) in [6.45, 7) is 1.57. The van der Waals surface area contributed by atoms with Gasteiger partial charge in [-0.1, -0.05) is 42.3 Å². The van der Waals surface area contributed by atoms with Gasteiger partial charge in [0.25, 0.3) is 0 Å². The average Bonchev–Trinajstić information content (AvgIpc) is 2.88. The molecule has 0 amide bonds. The van der Waals surface area contributed by atoms with Crippen LogP contribution in [-0.2, 0) is 0 Å². The van der Waals surface area contributed by atoms with Gasteiger partial charge in [-0.05, 0) is 74.3 Å². The van der Waals surface area contributed by atoms with E-state index in [4.69, 9.17) is 21.6 Å². The molecule has 3 fully saturated rings. The fourth-order valence-corrected chi connectivity index (χ4v) is 7.00. The zero-order valence-corrected chi connectivity index (χ0v) is 23.5. The lowest BCUT2D eigenvalue weighted by Gasteiger charge is -2.43. The average molecular weight is 561 g/mol. The second-order valence-electron chi connectivity index (χ2n) is 11.9. The first-order valence-electron chi connectivity index (χ1n) is 14.2. The summed E-state index contributed by atoms with van der Waals surface area (Å²) in [4.78, 5) is 14.0. The van der Waals surface area contributed by atoms with Crippen LogP contribution >= 0.6 is 11.6 Å². The van der Waals surface area contributed by atoms with Crippen LogP contribution in [0.4, 0.5) is 16.2 Å².